The Hall–Kier alpha value is -2.08. The van der Waals surface area contributed by atoms with Gasteiger partial charge in [0.25, 0.3) is 0 Å². The number of aromatic nitrogens is 2. The van der Waals surface area contributed by atoms with Crippen molar-refractivity contribution in [1.82, 2.24) is 9.78 Å². The molecule has 0 radical (unpaired) electrons. The molecule has 112 valence electrons. The summed E-state index contributed by atoms with van der Waals surface area (Å²) in [5.74, 6) is -1.93. The van der Waals surface area contributed by atoms with Crippen molar-refractivity contribution in [3.05, 3.63) is 46.0 Å². The minimum absolute atomic E-state index is 0.124. The van der Waals surface area contributed by atoms with Crippen molar-refractivity contribution in [3.8, 4) is 5.75 Å². The number of halogens is 2. The van der Waals surface area contributed by atoms with Gasteiger partial charge in [0.2, 0.25) is 0 Å². The molecular formula is C14H14ClFN2O3. The van der Waals surface area contributed by atoms with Gasteiger partial charge in [0.1, 0.15) is 18.2 Å². The van der Waals surface area contributed by atoms with E-state index >= 15 is 0 Å². The molecule has 0 amide bonds. The fraction of sp³-hybridized carbons (Fsp3) is 0.286. The van der Waals surface area contributed by atoms with Gasteiger partial charge >= 0.3 is 5.97 Å². The van der Waals surface area contributed by atoms with Crippen LogP contribution >= 0.6 is 11.6 Å². The molecule has 0 saturated carbocycles. The third-order valence-corrected chi connectivity index (χ3v) is 3.49. The average molecular weight is 313 g/mol. The van der Waals surface area contributed by atoms with Crippen molar-refractivity contribution in [2.75, 3.05) is 0 Å². The fourth-order valence-electron chi connectivity index (χ4n) is 1.92. The van der Waals surface area contributed by atoms with Gasteiger partial charge in [-0.3, -0.25) is 4.68 Å². The van der Waals surface area contributed by atoms with E-state index in [2.05, 4.69) is 5.10 Å². The molecule has 0 bridgehead atoms. The van der Waals surface area contributed by atoms with Crippen LogP contribution in [0.25, 0.3) is 0 Å². The lowest BCUT2D eigenvalue weighted by Crippen LogP contribution is -2.07. The van der Waals surface area contributed by atoms with Crippen LogP contribution < -0.4 is 4.74 Å². The second kappa shape index (κ2) is 6.13. The molecule has 21 heavy (non-hydrogen) atoms. The van der Waals surface area contributed by atoms with E-state index in [0.717, 1.165) is 12.1 Å². The maximum atomic E-state index is 13.6. The van der Waals surface area contributed by atoms with Gasteiger partial charge in [-0.15, -0.1) is 0 Å². The summed E-state index contributed by atoms with van der Waals surface area (Å²) in [5.41, 5.74) is 0.999. The molecule has 5 nitrogen and oxygen atoms in total. The molecule has 1 aromatic heterocycles. The summed E-state index contributed by atoms with van der Waals surface area (Å²) in [7, 11) is 0. The van der Waals surface area contributed by atoms with Gasteiger partial charge in [-0.05, 0) is 26.0 Å². The first kappa shape index (κ1) is 15.3. The van der Waals surface area contributed by atoms with Crippen LogP contribution in [0.5, 0.6) is 5.75 Å². The summed E-state index contributed by atoms with van der Waals surface area (Å²) in [4.78, 5) is 10.7. The second-order valence-electron chi connectivity index (χ2n) is 4.40. The van der Waals surface area contributed by atoms with E-state index in [1.54, 1.807) is 11.6 Å². The molecule has 1 aromatic carbocycles. The van der Waals surface area contributed by atoms with Gasteiger partial charge in [-0.2, -0.15) is 5.10 Å². The number of carboxylic acids is 1. The molecule has 0 unspecified atom stereocenters. The van der Waals surface area contributed by atoms with Crippen molar-refractivity contribution in [3.63, 3.8) is 0 Å². The van der Waals surface area contributed by atoms with Crippen molar-refractivity contribution in [2.24, 2.45) is 0 Å². The Morgan fingerprint density at radius 3 is 2.81 bits per heavy atom. The normalized spacial score (nSPS) is 10.7. The largest absolute Gasteiger partial charge is 0.487 e. The molecule has 0 aliphatic carbocycles. The molecule has 0 spiro atoms. The Labute approximate surface area is 125 Å². The summed E-state index contributed by atoms with van der Waals surface area (Å²) >= 11 is 6.14. The highest BCUT2D eigenvalue weighted by molar-refractivity contribution is 6.31. The van der Waals surface area contributed by atoms with Crippen LogP contribution in [0, 0.1) is 12.7 Å². The molecular weight excluding hydrogens is 299 g/mol. The van der Waals surface area contributed by atoms with E-state index in [1.807, 2.05) is 6.92 Å². The second-order valence-corrected chi connectivity index (χ2v) is 4.78. The minimum Gasteiger partial charge on any atom is -0.487 e. The molecule has 0 atom stereocenters. The van der Waals surface area contributed by atoms with Crippen molar-refractivity contribution in [1.29, 1.82) is 0 Å². The maximum absolute atomic E-state index is 13.6. The quantitative estimate of drug-likeness (QED) is 0.920. The smallest absolute Gasteiger partial charge is 0.338 e. The first-order valence-corrected chi connectivity index (χ1v) is 6.69. The molecule has 0 fully saturated rings. The number of carboxylic acid groups (broad SMARTS) is 1. The van der Waals surface area contributed by atoms with E-state index in [-0.39, 0.29) is 12.4 Å². The highest BCUT2D eigenvalue weighted by Crippen LogP contribution is 2.23. The molecule has 0 saturated heterocycles. The monoisotopic (exact) mass is 312 g/mol. The predicted octanol–water partition coefficient (Wildman–Crippen LogP) is 3.28. The number of ether oxygens (including phenoxy) is 1. The third-order valence-electron chi connectivity index (χ3n) is 3.00. The van der Waals surface area contributed by atoms with E-state index in [9.17, 15) is 9.18 Å². The van der Waals surface area contributed by atoms with Crippen LogP contribution in [0.3, 0.4) is 0 Å². The summed E-state index contributed by atoms with van der Waals surface area (Å²) in [6.07, 6.45) is 0. The third kappa shape index (κ3) is 3.16. The summed E-state index contributed by atoms with van der Waals surface area (Å²) in [6, 6.07) is 3.60. The summed E-state index contributed by atoms with van der Waals surface area (Å²) < 4.78 is 20.7. The van der Waals surface area contributed by atoms with Gasteiger partial charge in [0.15, 0.2) is 0 Å². The van der Waals surface area contributed by atoms with Gasteiger partial charge in [0.05, 0.1) is 22.0 Å². The van der Waals surface area contributed by atoms with Crippen LogP contribution in [0.4, 0.5) is 4.39 Å². The highest BCUT2D eigenvalue weighted by Gasteiger charge is 2.14. The van der Waals surface area contributed by atoms with Crippen molar-refractivity contribution < 1.29 is 19.0 Å². The molecule has 2 aromatic rings. The van der Waals surface area contributed by atoms with Gasteiger partial charge in [0, 0.05) is 12.6 Å². The Morgan fingerprint density at radius 1 is 1.52 bits per heavy atom. The Balaban J connectivity index is 2.17. The number of aryl methyl sites for hydroxylation is 2. The van der Waals surface area contributed by atoms with Crippen molar-refractivity contribution in [2.45, 2.75) is 27.0 Å². The number of benzene rings is 1. The molecule has 2 rings (SSSR count). The summed E-state index contributed by atoms with van der Waals surface area (Å²) in [6.45, 7) is 4.48. The highest BCUT2D eigenvalue weighted by atomic mass is 35.5. The lowest BCUT2D eigenvalue weighted by atomic mass is 10.2. The molecule has 0 aliphatic rings. The van der Waals surface area contributed by atoms with Gasteiger partial charge in [-0.1, -0.05) is 11.6 Å². The van der Waals surface area contributed by atoms with Crippen LogP contribution in [0.2, 0.25) is 5.02 Å². The van der Waals surface area contributed by atoms with E-state index < -0.39 is 17.3 Å². The fourth-order valence-corrected chi connectivity index (χ4v) is 2.11. The van der Waals surface area contributed by atoms with Gasteiger partial charge < -0.3 is 9.84 Å². The van der Waals surface area contributed by atoms with Crippen LogP contribution in [0.15, 0.2) is 18.2 Å². The average Bonchev–Trinajstić information content (AvgIpc) is 2.71. The van der Waals surface area contributed by atoms with E-state index in [1.165, 1.54) is 6.07 Å². The van der Waals surface area contributed by atoms with Crippen LogP contribution in [0.1, 0.15) is 28.7 Å². The Bertz CT molecular complexity index is 685. The predicted molar refractivity (Wildman–Crippen MR) is 75.3 cm³/mol. The lowest BCUT2D eigenvalue weighted by molar-refractivity contribution is 0.0692. The number of aromatic carboxylic acids is 1. The topological polar surface area (TPSA) is 64.4 Å². The first-order chi connectivity index (χ1) is 9.93. The zero-order valence-electron chi connectivity index (χ0n) is 11.6. The van der Waals surface area contributed by atoms with Gasteiger partial charge in [-0.25, -0.2) is 9.18 Å². The zero-order valence-corrected chi connectivity index (χ0v) is 12.3. The number of nitrogens with zero attached hydrogens (tertiary/aromatic N) is 2. The summed E-state index contributed by atoms with van der Waals surface area (Å²) in [5, 5.41) is 13.5. The Kier molecular flexibility index (Phi) is 4.47. The van der Waals surface area contributed by atoms with Crippen molar-refractivity contribution >= 4 is 17.6 Å². The maximum Gasteiger partial charge on any atom is 0.338 e. The number of carbonyl (C=O) groups is 1. The lowest BCUT2D eigenvalue weighted by Gasteiger charge is -2.09. The van der Waals surface area contributed by atoms with Crippen LogP contribution in [-0.4, -0.2) is 20.9 Å². The number of rotatable bonds is 5. The molecule has 0 aliphatic heterocycles. The number of hydrogen-bond donors (Lipinski definition) is 1. The Morgan fingerprint density at radius 2 is 2.24 bits per heavy atom. The zero-order chi connectivity index (χ0) is 15.6. The molecule has 1 heterocycles. The van der Waals surface area contributed by atoms with Crippen LogP contribution in [-0.2, 0) is 13.2 Å². The van der Waals surface area contributed by atoms with E-state index in [4.69, 9.17) is 21.4 Å². The number of hydrogen-bond acceptors (Lipinski definition) is 3. The SMILES string of the molecule is CCn1nc(C)c(Cl)c1COc1ccc(C(=O)O)c(F)c1. The first-order valence-electron chi connectivity index (χ1n) is 6.31. The minimum atomic E-state index is -1.32. The standard InChI is InChI=1S/C14H14ClFN2O3/c1-3-18-12(13(15)8(2)17-18)7-21-9-4-5-10(14(19)20)11(16)6-9/h4-6H,3,7H2,1-2H3,(H,19,20). The molecule has 7 heteroatoms. The molecule has 1 N–H and O–H groups in total. The van der Waals surface area contributed by atoms with E-state index in [0.29, 0.717) is 23.0 Å².